The molecule has 2 nitrogen and oxygen atoms in total. The lowest BCUT2D eigenvalue weighted by Gasteiger charge is -2.50. The maximum Gasteiger partial charge on any atom is 0.348 e. The number of rotatable bonds is 0. The van der Waals surface area contributed by atoms with Crippen molar-refractivity contribution >= 4 is 0 Å². The zero-order valence-electron chi connectivity index (χ0n) is 9.60. The molecule has 74 valence electrons. The maximum atomic E-state index is 3.33. The van der Waals surface area contributed by atoms with Crippen LogP contribution in [0.1, 0.15) is 41.5 Å². The molecule has 2 heteroatoms. The third-order valence-electron chi connectivity index (χ3n) is 2.74. The molecule has 0 aromatic heterocycles. The number of hydrogen-bond acceptors (Lipinski definition) is 1. The van der Waals surface area contributed by atoms with Gasteiger partial charge in [-0.15, -0.1) is 0 Å². The Balaban J connectivity index is 3.11. The Morgan fingerprint density at radius 2 is 1.46 bits per heavy atom. The van der Waals surface area contributed by atoms with Gasteiger partial charge in [-0.2, -0.15) is 0 Å². The van der Waals surface area contributed by atoms with Gasteiger partial charge in [0.1, 0.15) is 6.20 Å². The van der Waals surface area contributed by atoms with Gasteiger partial charge >= 0.3 is 6.67 Å². The Hall–Kier alpha value is -0.500. The van der Waals surface area contributed by atoms with E-state index in [0.29, 0.717) is 0 Å². The van der Waals surface area contributed by atoms with Crippen LogP contribution in [0.5, 0.6) is 0 Å². The molecule has 0 aromatic carbocycles. The van der Waals surface area contributed by atoms with E-state index in [9.17, 15) is 0 Å². The second-order valence-corrected chi connectivity index (χ2v) is 5.64. The fourth-order valence-corrected chi connectivity index (χ4v) is 2.11. The van der Waals surface area contributed by atoms with Gasteiger partial charge in [-0.3, -0.25) is 4.48 Å². The molecule has 0 bridgehead atoms. The fourth-order valence-electron chi connectivity index (χ4n) is 2.11. The summed E-state index contributed by atoms with van der Waals surface area (Å²) < 4.78 is 0.750. The van der Waals surface area contributed by atoms with E-state index in [1.165, 1.54) is 0 Å². The van der Waals surface area contributed by atoms with E-state index in [4.69, 9.17) is 0 Å². The standard InChI is InChI=1S/C11H21N2/c1-10(2,3)13(11(4,5)6)8-7-12-9-13/h7-8,12H,1-6H3/q+1. The van der Waals surface area contributed by atoms with Crippen LogP contribution in [0.3, 0.4) is 0 Å². The predicted molar refractivity (Wildman–Crippen MR) is 55.3 cm³/mol. The van der Waals surface area contributed by atoms with Gasteiger partial charge in [0.05, 0.1) is 17.3 Å². The van der Waals surface area contributed by atoms with Crippen molar-refractivity contribution in [2.24, 2.45) is 0 Å². The van der Waals surface area contributed by atoms with Gasteiger partial charge in [0.15, 0.2) is 0 Å². The van der Waals surface area contributed by atoms with Gasteiger partial charge in [-0.1, -0.05) is 0 Å². The zero-order chi connectivity index (χ0) is 10.3. The predicted octanol–water partition coefficient (Wildman–Crippen LogP) is 2.47. The Morgan fingerprint density at radius 1 is 1.00 bits per heavy atom. The fraction of sp³-hybridized carbons (Fsp3) is 0.727. The van der Waals surface area contributed by atoms with Crippen LogP contribution in [-0.2, 0) is 0 Å². The SMILES string of the molecule is CC(C)(C)[N+]1(C(C)(C)C)[C]NC=C1. The molecule has 1 aliphatic rings. The van der Waals surface area contributed by atoms with Crippen molar-refractivity contribution in [3.8, 4) is 0 Å². The van der Waals surface area contributed by atoms with Crippen LogP contribution >= 0.6 is 0 Å². The van der Waals surface area contributed by atoms with Crippen LogP contribution in [0.4, 0.5) is 0 Å². The van der Waals surface area contributed by atoms with Crippen LogP contribution in [0.15, 0.2) is 12.4 Å². The monoisotopic (exact) mass is 181 g/mol. The summed E-state index contributed by atoms with van der Waals surface area (Å²) >= 11 is 0. The van der Waals surface area contributed by atoms with Crippen LogP contribution in [-0.4, -0.2) is 15.6 Å². The summed E-state index contributed by atoms with van der Waals surface area (Å²) in [6.45, 7) is 16.8. The van der Waals surface area contributed by atoms with Crippen molar-refractivity contribution in [2.75, 3.05) is 0 Å². The highest BCUT2D eigenvalue weighted by atomic mass is 15.5. The molecule has 0 saturated heterocycles. The average molecular weight is 181 g/mol. The van der Waals surface area contributed by atoms with Gasteiger partial charge in [0.25, 0.3) is 0 Å². The number of nitrogens with one attached hydrogen (secondary N) is 1. The molecule has 13 heavy (non-hydrogen) atoms. The van der Waals surface area contributed by atoms with Gasteiger partial charge in [0, 0.05) is 0 Å². The van der Waals surface area contributed by atoms with Crippen LogP contribution in [0.2, 0.25) is 0 Å². The Kier molecular flexibility index (Phi) is 2.23. The van der Waals surface area contributed by atoms with E-state index in [-0.39, 0.29) is 11.1 Å². The lowest BCUT2D eigenvalue weighted by atomic mass is 9.92. The molecule has 0 spiro atoms. The Bertz CT molecular complexity index is 201. The third kappa shape index (κ3) is 1.48. The minimum Gasteiger partial charge on any atom is -0.320 e. The highest BCUT2D eigenvalue weighted by molar-refractivity contribution is 4.92. The van der Waals surface area contributed by atoms with Crippen molar-refractivity contribution in [1.82, 2.24) is 5.32 Å². The largest absolute Gasteiger partial charge is 0.348 e. The molecule has 0 saturated carbocycles. The summed E-state index contributed by atoms with van der Waals surface area (Å²) in [4.78, 5) is 0. The minimum absolute atomic E-state index is 0.137. The smallest absolute Gasteiger partial charge is 0.320 e. The number of nitrogens with zero attached hydrogens (tertiary/aromatic N) is 1. The van der Waals surface area contributed by atoms with Gasteiger partial charge in [-0.25, -0.2) is 0 Å². The first kappa shape index (κ1) is 10.6. The molecule has 1 aliphatic heterocycles. The van der Waals surface area contributed by atoms with E-state index in [1.807, 2.05) is 6.20 Å². The molecule has 0 aromatic rings. The molecular formula is C11H21N2+. The molecule has 1 heterocycles. The molecule has 1 rings (SSSR count). The highest BCUT2D eigenvalue weighted by Gasteiger charge is 2.51. The summed E-state index contributed by atoms with van der Waals surface area (Å²) in [7, 11) is 0. The molecule has 0 aliphatic carbocycles. The summed E-state index contributed by atoms with van der Waals surface area (Å²) in [5.74, 6) is 0. The molecule has 2 radical (unpaired) electrons. The molecule has 0 amide bonds. The molecule has 0 atom stereocenters. The maximum absolute atomic E-state index is 3.33. The first-order valence-corrected chi connectivity index (χ1v) is 4.80. The van der Waals surface area contributed by atoms with E-state index in [1.54, 1.807) is 0 Å². The van der Waals surface area contributed by atoms with Crippen LogP contribution in [0.25, 0.3) is 0 Å². The normalized spacial score (nSPS) is 21.7. The van der Waals surface area contributed by atoms with Crippen molar-refractivity contribution in [1.29, 1.82) is 0 Å². The summed E-state index contributed by atoms with van der Waals surface area (Å²) in [5.41, 5.74) is 0.274. The first-order chi connectivity index (χ1) is 5.71. The molecular weight excluding hydrogens is 160 g/mol. The third-order valence-corrected chi connectivity index (χ3v) is 2.74. The highest BCUT2D eigenvalue weighted by Crippen LogP contribution is 2.38. The second-order valence-electron chi connectivity index (χ2n) is 5.64. The van der Waals surface area contributed by atoms with Crippen molar-refractivity contribution in [2.45, 2.75) is 52.6 Å². The lowest BCUT2D eigenvalue weighted by Crippen LogP contribution is -2.63. The number of hydrogen-bond donors (Lipinski definition) is 1. The van der Waals surface area contributed by atoms with Gasteiger partial charge < -0.3 is 5.32 Å². The van der Waals surface area contributed by atoms with E-state index in [2.05, 4.69) is 59.7 Å². The lowest BCUT2D eigenvalue weighted by molar-refractivity contribution is -0.938. The number of quaternary nitrogens is 1. The molecule has 0 unspecified atom stereocenters. The van der Waals surface area contributed by atoms with Crippen molar-refractivity contribution in [3.63, 3.8) is 0 Å². The first-order valence-electron chi connectivity index (χ1n) is 4.80. The van der Waals surface area contributed by atoms with Crippen LogP contribution in [0, 0.1) is 6.67 Å². The summed E-state index contributed by atoms with van der Waals surface area (Å²) in [6.07, 6.45) is 4.15. The van der Waals surface area contributed by atoms with E-state index in [0.717, 1.165) is 4.48 Å². The van der Waals surface area contributed by atoms with Gasteiger partial charge in [0.2, 0.25) is 0 Å². The Labute approximate surface area is 82.2 Å². The quantitative estimate of drug-likeness (QED) is 0.566. The van der Waals surface area contributed by atoms with Crippen LogP contribution < -0.4 is 5.32 Å². The minimum atomic E-state index is 0.137. The van der Waals surface area contributed by atoms with E-state index < -0.39 is 0 Å². The topological polar surface area (TPSA) is 12.0 Å². The zero-order valence-corrected chi connectivity index (χ0v) is 9.60. The summed E-state index contributed by atoms with van der Waals surface area (Å²) in [5, 5.41) is 3.07. The summed E-state index contributed by atoms with van der Waals surface area (Å²) in [6, 6.07) is 0. The molecule has 1 N–H and O–H groups in total. The molecule has 0 fully saturated rings. The van der Waals surface area contributed by atoms with E-state index >= 15 is 0 Å². The van der Waals surface area contributed by atoms with Crippen molar-refractivity contribution < 1.29 is 4.48 Å². The van der Waals surface area contributed by atoms with Crippen molar-refractivity contribution in [3.05, 3.63) is 19.1 Å². The van der Waals surface area contributed by atoms with Gasteiger partial charge in [-0.05, 0) is 41.5 Å². The Morgan fingerprint density at radius 3 is 1.62 bits per heavy atom. The second kappa shape index (κ2) is 2.74. The average Bonchev–Trinajstić information content (AvgIpc) is 2.28.